The molecule has 3 rings (SSSR count). The fraction of sp³-hybridized carbons (Fsp3) is 0.907. The molecule has 94 heavy (non-hydrogen) atoms. The second kappa shape index (κ2) is 56.7. The van der Waals surface area contributed by atoms with Crippen molar-refractivity contribution < 1.29 is 89.4 Å². The van der Waals surface area contributed by atoms with Gasteiger partial charge in [0.25, 0.3) is 0 Å². The highest BCUT2D eigenvalue weighted by Crippen LogP contribution is 2.33. The van der Waals surface area contributed by atoms with Crippen molar-refractivity contribution in [2.75, 3.05) is 26.4 Å². The quantitative estimate of drug-likeness (QED) is 0.0199. The lowest BCUT2D eigenvalue weighted by Gasteiger charge is -2.48. The lowest BCUT2D eigenvalue weighted by Crippen LogP contribution is -2.66. The SMILES string of the molecule is CCCCCC/C=C\C/C=C\CCCCCCCC(=O)NC(COC1OC(CO)C(OC2OC(CO)C(OC3OC(CO)C(O)C(O)C3O)C(O)C2O)C(O)C1O)C(O)/C=C/CCCCCCCCCCCCCCCCCCCCCCCCCCCCCCCCC. The molecule has 3 heterocycles. The molecule has 0 aromatic heterocycles. The van der Waals surface area contributed by atoms with Gasteiger partial charge in [0, 0.05) is 6.42 Å². The summed E-state index contributed by atoms with van der Waals surface area (Å²) in [5.74, 6) is -0.286. The zero-order chi connectivity index (χ0) is 68.2. The minimum Gasteiger partial charge on any atom is -0.394 e. The Morgan fingerprint density at radius 2 is 0.702 bits per heavy atom. The van der Waals surface area contributed by atoms with Crippen LogP contribution in [0.1, 0.15) is 303 Å². The van der Waals surface area contributed by atoms with Crippen LogP contribution in [-0.4, -0.2) is 193 Å². The summed E-state index contributed by atoms with van der Waals surface area (Å²) in [6.07, 6.45) is 41.5. The summed E-state index contributed by atoms with van der Waals surface area (Å²) in [5, 5.41) is 121. The first-order valence-electron chi connectivity index (χ1n) is 38.2. The number of hydrogen-bond donors (Lipinski definition) is 12. The third-order valence-corrected chi connectivity index (χ3v) is 19.2. The molecule has 1 amide bonds. The molecule has 0 aromatic rings. The van der Waals surface area contributed by atoms with Gasteiger partial charge in [-0.15, -0.1) is 0 Å². The maximum atomic E-state index is 13.4. The maximum Gasteiger partial charge on any atom is 0.220 e. The van der Waals surface area contributed by atoms with Crippen molar-refractivity contribution in [3.05, 3.63) is 36.5 Å². The first kappa shape index (κ1) is 86.2. The molecule has 0 spiro atoms. The Morgan fingerprint density at radius 3 is 1.10 bits per heavy atom. The first-order chi connectivity index (χ1) is 45.8. The van der Waals surface area contributed by atoms with E-state index < -0.39 is 124 Å². The van der Waals surface area contributed by atoms with Crippen molar-refractivity contribution in [3.8, 4) is 0 Å². The van der Waals surface area contributed by atoms with Gasteiger partial charge in [-0.3, -0.25) is 4.79 Å². The van der Waals surface area contributed by atoms with E-state index in [0.29, 0.717) is 6.42 Å². The monoisotopic (exact) mass is 1340 g/mol. The van der Waals surface area contributed by atoms with Crippen LogP contribution >= 0.6 is 0 Å². The molecule has 0 aromatic carbocycles. The molecular weight excluding hydrogens is 1200 g/mol. The standard InChI is InChI=1S/C75H139NO18/c1-3-5-7-9-11-13-15-17-19-21-22-23-24-25-26-27-28-29-30-31-32-33-34-35-36-37-38-40-42-44-46-48-50-52-59(80)58(76-63(81)53-51-49-47-45-43-41-39-20-18-16-14-12-10-8-6-4-2)57-89-73-69(87)66(84)71(61(55-78)91-73)94-75-70(88)67(85)72(62(56-79)92-75)93-74-68(86)65(83)64(82)60(54-77)90-74/h14,16,20,39,50,52,58-62,64-75,77-80,82-88H,3-13,15,17-19,21-38,40-49,51,53-57H2,1-2H3,(H,76,81)/b16-14-,39-20-,52-50+. The molecule has 19 nitrogen and oxygen atoms in total. The molecule has 17 atom stereocenters. The smallest absolute Gasteiger partial charge is 0.220 e. The van der Waals surface area contributed by atoms with Crippen LogP contribution in [0.2, 0.25) is 0 Å². The first-order valence-corrected chi connectivity index (χ1v) is 38.2. The highest BCUT2D eigenvalue weighted by molar-refractivity contribution is 5.76. The predicted molar refractivity (Wildman–Crippen MR) is 369 cm³/mol. The van der Waals surface area contributed by atoms with Crippen molar-refractivity contribution in [1.29, 1.82) is 0 Å². The van der Waals surface area contributed by atoms with Crippen molar-refractivity contribution in [2.24, 2.45) is 0 Å². The number of carbonyl (C=O) groups is 1. The van der Waals surface area contributed by atoms with E-state index in [1.54, 1.807) is 6.08 Å². The fourth-order valence-corrected chi connectivity index (χ4v) is 13.0. The Labute approximate surface area is 568 Å². The van der Waals surface area contributed by atoms with Crippen LogP contribution in [0.4, 0.5) is 0 Å². The number of ether oxygens (including phenoxy) is 6. The van der Waals surface area contributed by atoms with Crippen molar-refractivity contribution in [1.82, 2.24) is 5.32 Å². The summed E-state index contributed by atoms with van der Waals surface area (Å²) in [5.41, 5.74) is 0. The second-order valence-corrected chi connectivity index (χ2v) is 27.5. The summed E-state index contributed by atoms with van der Waals surface area (Å²) in [6, 6.07) is -0.981. The van der Waals surface area contributed by atoms with Gasteiger partial charge in [-0.25, -0.2) is 0 Å². The van der Waals surface area contributed by atoms with Crippen molar-refractivity contribution in [3.63, 3.8) is 0 Å². The number of hydrogen-bond acceptors (Lipinski definition) is 18. The summed E-state index contributed by atoms with van der Waals surface area (Å²) in [4.78, 5) is 13.4. The summed E-state index contributed by atoms with van der Waals surface area (Å²) >= 11 is 0. The minimum absolute atomic E-state index is 0.228. The molecule has 3 aliphatic heterocycles. The van der Waals surface area contributed by atoms with Crippen LogP contribution in [0.15, 0.2) is 36.5 Å². The topological polar surface area (TPSA) is 307 Å². The molecule has 0 bridgehead atoms. The number of carbonyl (C=O) groups excluding carboxylic acids is 1. The van der Waals surface area contributed by atoms with Gasteiger partial charge in [0.05, 0.1) is 38.6 Å². The van der Waals surface area contributed by atoms with E-state index in [2.05, 4.69) is 43.5 Å². The molecule has 552 valence electrons. The van der Waals surface area contributed by atoms with E-state index in [1.165, 1.54) is 205 Å². The molecule has 17 unspecified atom stereocenters. The van der Waals surface area contributed by atoms with Gasteiger partial charge in [0.2, 0.25) is 5.91 Å². The predicted octanol–water partition coefficient (Wildman–Crippen LogP) is 11.6. The molecule has 0 saturated carbocycles. The number of aliphatic hydroxyl groups excluding tert-OH is 11. The van der Waals surface area contributed by atoms with Crippen molar-refractivity contribution in [2.45, 2.75) is 407 Å². The van der Waals surface area contributed by atoms with E-state index in [1.807, 2.05) is 6.08 Å². The van der Waals surface area contributed by atoms with Gasteiger partial charge in [0.1, 0.15) is 73.2 Å². The number of unbranched alkanes of at least 4 members (excludes halogenated alkanes) is 40. The van der Waals surface area contributed by atoms with E-state index in [4.69, 9.17) is 28.4 Å². The van der Waals surface area contributed by atoms with Gasteiger partial charge in [-0.1, -0.05) is 281 Å². The normalized spacial score (nSPS) is 27.5. The van der Waals surface area contributed by atoms with E-state index in [-0.39, 0.29) is 18.9 Å². The zero-order valence-electron chi connectivity index (χ0n) is 58.7. The Kier molecular flexibility index (Phi) is 52.0. The Hall–Kier alpha value is -1.99. The Bertz CT molecular complexity index is 1840. The van der Waals surface area contributed by atoms with Crippen LogP contribution in [0, 0.1) is 0 Å². The number of amides is 1. The van der Waals surface area contributed by atoms with Gasteiger partial charge >= 0.3 is 0 Å². The molecule has 12 N–H and O–H groups in total. The van der Waals surface area contributed by atoms with Crippen LogP contribution in [0.3, 0.4) is 0 Å². The third kappa shape index (κ3) is 37.4. The van der Waals surface area contributed by atoms with Crippen LogP contribution in [-0.2, 0) is 33.2 Å². The van der Waals surface area contributed by atoms with E-state index in [9.17, 15) is 61.0 Å². The Morgan fingerprint density at radius 1 is 0.383 bits per heavy atom. The zero-order valence-corrected chi connectivity index (χ0v) is 58.7. The largest absolute Gasteiger partial charge is 0.394 e. The number of allylic oxidation sites excluding steroid dienone is 5. The Balaban J connectivity index is 1.37. The lowest BCUT2D eigenvalue weighted by atomic mass is 9.96. The lowest BCUT2D eigenvalue weighted by molar-refractivity contribution is -0.379. The molecule has 0 aliphatic carbocycles. The molecule has 3 aliphatic rings. The van der Waals surface area contributed by atoms with Gasteiger partial charge in [-0.2, -0.15) is 0 Å². The molecular formula is C75H139NO18. The van der Waals surface area contributed by atoms with Crippen molar-refractivity contribution >= 4 is 5.91 Å². The minimum atomic E-state index is -1.98. The van der Waals surface area contributed by atoms with Gasteiger partial charge in [-0.05, 0) is 51.4 Å². The molecule has 0 radical (unpaired) electrons. The third-order valence-electron chi connectivity index (χ3n) is 19.2. The highest BCUT2D eigenvalue weighted by atomic mass is 16.8. The van der Waals surface area contributed by atoms with E-state index >= 15 is 0 Å². The summed E-state index contributed by atoms with van der Waals surface area (Å²) in [6.45, 7) is 1.73. The second-order valence-electron chi connectivity index (χ2n) is 27.5. The van der Waals surface area contributed by atoms with Crippen LogP contribution in [0.5, 0.6) is 0 Å². The average Bonchev–Trinajstić information content (AvgIpc) is 0.787. The van der Waals surface area contributed by atoms with Crippen LogP contribution in [0.25, 0.3) is 0 Å². The van der Waals surface area contributed by atoms with Gasteiger partial charge < -0.3 is 89.9 Å². The maximum absolute atomic E-state index is 13.4. The number of nitrogens with one attached hydrogen (secondary N) is 1. The molecule has 19 heteroatoms. The van der Waals surface area contributed by atoms with Gasteiger partial charge in [0.15, 0.2) is 18.9 Å². The summed E-state index contributed by atoms with van der Waals surface area (Å²) < 4.78 is 34.4. The highest BCUT2D eigenvalue weighted by Gasteiger charge is 2.53. The molecule has 3 saturated heterocycles. The average molecular weight is 1340 g/mol. The van der Waals surface area contributed by atoms with Crippen LogP contribution < -0.4 is 5.32 Å². The molecule has 3 fully saturated rings. The van der Waals surface area contributed by atoms with E-state index in [0.717, 1.165) is 70.6 Å². The number of aliphatic hydroxyl groups is 11. The summed E-state index contributed by atoms with van der Waals surface area (Å²) in [7, 11) is 0. The fourth-order valence-electron chi connectivity index (χ4n) is 13.0. The number of rotatable bonds is 60.